The molecular formula is C12H26O4Sn. The van der Waals surface area contributed by atoms with E-state index in [0.717, 1.165) is 26.4 Å². The molecule has 0 fully saturated rings. The predicted octanol–water partition coefficient (Wildman–Crippen LogP) is 1.63. The van der Waals surface area contributed by atoms with E-state index in [1.165, 1.54) is 21.7 Å². The van der Waals surface area contributed by atoms with Crippen LogP contribution in [0.2, 0.25) is 8.87 Å². The summed E-state index contributed by atoms with van der Waals surface area (Å²) in [5.41, 5.74) is 0. The molecule has 0 spiro atoms. The molecule has 0 N–H and O–H groups in total. The molecule has 0 unspecified atom stereocenters. The van der Waals surface area contributed by atoms with Crippen molar-refractivity contribution in [3.63, 3.8) is 0 Å². The zero-order valence-electron chi connectivity index (χ0n) is 11.2. The molecule has 0 heterocycles. The molecule has 0 aliphatic heterocycles. The number of rotatable bonds is 14. The fourth-order valence-electron chi connectivity index (χ4n) is 1.21. The third-order valence-corrected chi connectivity index (χ3v) is 6.18. The summed E-state index contributed by atoms with van der Waals surface area (Å²) in [6.45, 7) is 4.67. The minimum atomic E-state index is -0.149. The van der Waals surface area contributed by atoms with Gasteiger partial charge in [-0.2, -0.15) is 0 Å². The molecule has 0 saturated carbocycles. The molecule has 0 aromatic rings. The normalized spacial score (nSPS) is 10.9. The molecule has 4 nitrogen and oxygen atoms in total. The van der Waals surface area contributed by atoms with Gasteiger partial charge in [0.1, 0.15) is 0 Å². The van der Waals surface area contributed by atoms with Crippen LogP contribution in [0, 0.1) is 0 Å². The molecular weight excluding hydrogens is 327 g/mol. The molecule has 17 heavy (non-hydrogen) atoms. The van der Waals surface area contributed by atoms with E-state index in [1.54, 1.807) is 14.2 Å². The van der Waals surface area contributed by atoms with Gasteiger partial charge in [-0.25, -0.2) is 0 Å². The summed E-state index contributed by atoms with van der Waals surface area (Å²) in [6.07, 6.45) is 2.45. The van der Waals surface area contributed by atoms with E-state index >= 15 is 0 Å². The van der Waals surface area contributed by atoms with Gasteiger partial charge in [0.25, 0.3) is 0 Å². The molecule has 0 aromatic heterocycles. The van der Waals surface area contributed by atoms with Gasteiger partial charge in [0.15, 0.2) is 0 Å². The van der Waals surface area contributed by atoms with Crippen molar-refractivity contribution in [2.75, 3.05) is 53.9 Å². The van der Waals surface area contributed by atoms with Gasteiger partial charge in [-0.05, 0) is 0 Å². The second-order valence-electron chi connectivity index (χ2n) is 3.67. The number of hydrogen-bond acceptors (Lipinski definition) is 4. The molecule has 5 heteroatoms. The Bertz CT molecular complexity index is 122. The molecule has 0 saturated heterocycles. The van der Waals surface area contributed by atoms with Gasteiger partial charge >= 0.3 is 116 Å². The van der Waals surface area contributed by atoms with E-state index < -0.39 is 0 Å². The van der Waals surface area contributed by atoms with Crippen LogP contribution in [0.3, 0.4) is 0 Å². The Hall–Kier alpha value is 0.639. The Kier molecular flexibility index (Phi) is 17.3. The predicted molar refractivity (Wildman–Crippen MR) is 70.0 cm³/mol. The van der Waals surface area contributed by atoms with Crippen molar-refractivity contribution >= 4 is 21.1 Å². The molecule has 102 valence electrons. The van der Waals surface area contributed by atoms with Crippen molar-refractivity contribution in [1.82, 2.24) is 0 Å². The van der Waals surface area contributed by atoms with Crippen LogP contribution >= 0.6 is 0 Å². The molecule has 0 amide bonds. The van der Waals surface area contributed by atoms with Crippen LogP contribution in [-0.4, -0.2) is 75.0 Å². The van der Waals surface area contributed by atoms with Crippen LogP contribution in [0.1, 0.15) is 12.8 Å². The summed E-state index contributed by atoms with van der Waals surface area (Å²) in [4.78, 5) is 0. The summed E-state index contributed by atoms with van der Waals surface area (Å²) in [7, 11) is 3.40. The molecule has 0 aliphatic carbocycles. The zero-order chi connectivity index (χ0) is 12.6. The van der Waals surface area contributed by atoms with Crippen LogP contribution in [0.4, 0.5) is 0 Å². The number of hydrogen-bond donors (Lipinski definition) is 0. The van der Waals surface area contributed by atoms with E-state index in [4.69, 9.17) is 18.9 Å². The summed E-state index contributed by atoms with van der Waals surface area (Å²) in [6, 6.07) is 0. The van der Waals surface area contributed by atoms with E-state index in [-0.39, 0.29) is 21.1 Å². The average molecular weight is 353 g/mol. The third kappa shape index (κ3) is 16.6. The van der Waals surface area contributed by atoms with Crippen LogP contribution in [0.15, 0.2) is 0 Å². The topological polar surface area (TPSA) is 36.9 Å². The Morgan fingerprint density at radius 3 is 1.53 bits per heavy atom. The van der Waals surface area contributed by atoms with E-state index in [9.17, 15) is 0 Å². The van der Waals surface area contributed by atoms with Crippen molar-refractivity contribution in [3.8, 4) is 0 Å². The fourth-order valence-corrected chi connectivity index (χ4v) is 4.18. The summed E-state index contributed by atoms with van der Waals surface area (Å²) >= 11 is -0.149. The standard InChI is InChI=1S/2C6H13O2.Sn/c2*1-3-4-8-6-5-7-2;/h2*1,3-6H2,2H3;. The number of methoxy groups -OCH3 is 2. The SMILES string of the molecule is COCCOCC[CH2][Sn][CH2]CCOCCOC. The first-order valence-electron chi connectivity index (χ1n) is 6.26. The first-order valence-corrected chi connectivity index (χ1v) is 10.3. The summed E-state index contributed by atoms with van der Waals surface area (Å²) in [5, 5.41) is 0. The molecule has 0 aliphatic rings. The van der Waals surface area contributed by atoms with Gasteiger partial charge in [-0.3, -0.25) is 0 Å². The van der Waals surface area contributed by atoms with Gasteiger partial charge in [0.2, 0.25) is 0 Å². The molecule has 2 radical (unpaired) electrons. The van der Waals surface area contributed by atoms with Crippen molar-refractivity contribution in [3.05, 3.63) is 0 Å². The second kappa shape index (κ2) is 16.6. The Balaban J connectivity index is 2.85. The van der Waals surface area contributed by atoms with Crippen molar-refractivity contribution in [2.45, 2.75) is 21.7 Å². The van der Waals surface area contributed by atoms with E-state index in [0.29, 0.717) is 13.2 Å². The molecule has 0 atom stereocenters. The maximum absolute atomic E-state index is 5.41. The number of ether oxygens (including phenoxy) is 4. The van der Waals surface area contributed by atoms with E-state index in [2.05, 4.69) is 0 Å². The minimum absolute atomic E-state index is 0.149. The monoisotopic (exact) mass is 354 g/mol. The first-order chi connectivity index (χ1) is 8.41. The van der Waals surface area contributed by atoms with Crippen molar-refractivity contribution in [1.29, 1.82) is 0 Å². The van der Waals surface area contributed by atoms with Crippen LogP contribution in [-0.2, 0) is 18.9 Å². The van der Waals surface area contributed by atoms with Crippen LogP contribution in [0.5, 0.6) is 0 Å². The Morgan fingerprint density at radius 2 is 1.12 bits per heavy atom. The third-order valence-electron chi connectivity index (χ3n) is 2.15. The van der Waals surface area contributed by atoms with Gasteiger partial charge in [0.05, 0.1) is 0 Å². The summed E-state index contributed by atoms with van der Waals surface area (Å²) < 4.78 is 23.5. The van der Waals surface area contributed by atoms with E-state index in [1.807, 2.05) is 0 Å². The molecule has 0 rings (SSSR count). The Labute approximate surface area is 116 Å². The maximum atomic E-state index is 5.41. The average Bonchev–Trinajstić information content (AvgIpc) is 2.35. The van der Waals surface area contributed by atoms with Crippen LogP contribution in [0.25, 0.3) is 0 Å². The van der Waals surface area contributed by atoms with Gasteiger partial charge in [0, 0.05) is 0 Å². The zero-order valence-corrected chi connectivity index (χ0v) is 14.1. The van der Waals surface area contributed by atoms with Crippen LogP contribution < -0.4 is 0 Å². The van der Waals surface area contributed by atoms with Crippen molar-refractivity contribution < 1.29 is 18.9 Å². The first kappa shape index (κ1) is 17.6. The molecule has 0 aromatic carbocycles. The van der Waals surface area contributed by atoms with Gasteiger partial charge in [-0.1, -0.05) is 0 Å². The van der Waals surface area contributed by atoms with Gasteiger partial charge in [-0.15, -0.1) is 0 Å². The Morgan fingerprint density at radius 1 is 0.647 bits per heavy atom. The summed E-state index contributed by atoms with van der Waals surface area (Å²) in [5.74, 6) is 0. The van der Waals surface area contributed by atoms with Crippen molar-refractivity contribution in [2.24, 2.45) is 0 Å². The fraction of sp³-hybridized carbons (Fsp3) is 1.00. The molecule has 0 bridgehead atoms. The second-order valence-corrected chi connectivity index (χ2v) is 7.95. The quantitative estimate of drug-likeness (QED) is 0.352. The van der Waals surface area contributed by atoms with Gasteiger partial charge < -0.3 is 0 Å².